The number of hydrogen-bond donors (Lipinski definition) is 1. The van der Waals surface area contributed by atoms with E-state index in [0.717, 1.165) is 40.2 Å². The van der Waals surface area contributed by atoms with Gasteiger partial charge in [0, 0.05) is 11.0 Å². The van der Waals surface area contributed by atoms with Gasteiger partial charge in [-0.25, -0.2) is 4.79 Å². The molecule has 27 heavy (non-hydrogen) atoms. The van der Waals surface area contributed by atoms with Crippen LogP contribution in [0.25, 0.3) is 11.1 Å². The quantitative estimate of drug-likeness (QED) is 0.816. The van der Waals surface area contributed by atoms with E-state index < -0.39 is 6.09 Å². The minimum absolute atomic E-state index is 0.134. The molecule has 1 amide bonds. The standard InChI is InChI=1S/C22H27NO4/c1-13(2)26-16-8-6-14(7-9-16)17-10-15-12-22(3,4)20(27-21(23)24)18(15)11-19(17)25-5/h6-11,13,20H,12H2,1-5H3,(H2,23,24). The fraction of sp³-hybridized carbons (Fsp3) is 0.409. The number of amides is 1. The Morgan fingerprint density at radius 3 is 2.41 bits per heavy atom. The third-order valence-electron chi connectivity index (χ3n) is 4.87. The second-order valence-electron chi connectivity index (χ2n) is 7.92. The highest BCUT2D eigenvalue weighted by Gasteiger charge is 2.42. The third kappa shape index (κ3) is 3.87. The van der Waals surface area contributed by atoms with Crippen molar-refractivity contribution in [1.82, 2.24) is 0 Å². The van der Waals surface area contributed by atoms with Crippen LogP contribution in [0, 0.1) is 5.41 Å². The molecule has 0 fully saturated rings. The van der Waals surface area contributed by atoms with Crippen molar-refractivity contribution in [2.75, 3.05) is 7.11 Å². The van der Waals surface area contributed by atoms with Crippen LogP contribution in [0.1, 0.15) is 44.9 Å². The average Bonchev–Trinajstić information content (AvgIpc) is 2.83. The highest BCUT2D eigenvalue weighted by atomic mass is 16.6. The van der Waals surface area contributed by atoms with Crippen molar-refractivity contribution in [3.05, 3.63) is 47.5 Å². The van der Waals surface area contributed by atoms with E-state index in [0.29, 0.717) is 0 Å². The maximum Gasteiger partial charge on any atom is 0.405 e. The van der Waals surface area contributed by atoms with Crippen molar-refractivity contribution in [1.29, 1.82) is 0 Å². The minimum Gasteiger partial charge on any atom is -0.496 e. The first-order valence-corrected chi connectivity index (χ1v) is 9.15. The van der Waals surface area contributed by atoms with Crippen LogP contribution in [-0.4, -0.2) is 19.3 Å². The molecule has 0 saturated carbocycles. The van der Waals surface area contributed by atoms with E-state index in [4.69, 9.17) is 19.9 Å². The van der Waals surface area contributed by atoms with Gasteiger partial charge in [0.2, 0.25) is 0 Å². The van der Waals surface area contributed by atoms with E-state index in [9.17, 15) is 4.79 Å². The van der Waals surface area contributed by atoms with Crippen molar-refractivity contribution in [3.8, 4) is 22.6 Å². The molecule has 1 unspecified atom stereocenters. The van der Waals surface area contributed by atoms with E-state index >= 15 is 0 Å². The Balaban J connectivity index is 2.01. The highest BCUT2D eigenvalue weighted by molar-refractivity contribution is 5.74. The SMILES string of the molecule is COc1cc2c(cc1-c1ccc(OC(C)C)cc1)CC(C)(C)C2OC(N)=O. The van der Waals surface area contributed by atoms with Gasteiger partial charge < -0.3 is 19.9 Å². The van der Waals surface area contributed by atoms with Crippen LogP contribution < -0.4 is 15.2 Å². The molecule has 5 nitrogen and oxygen atoms in total. The lowest BCUT2D eigenvalue weighted by atomic mass is 9.87. The Morgan fingerprint density at radius 2 is 1.85 bits per heavy atom. The zero-order chi connectivity index (χ0) is 19.8. The number of carbonyl (C=O) groups is 1. The van der Waals surface area contributed by atoms with Crippen LogP contribution in [0.2, 0.25) is 0 Å². The Bertz CT molecular complexity index is 840. The molecular formula is C22H27NO4. The zero-order valence-corrected chi connectivity index (χ0v) is 16.5. The van der Waals surface area contributed by atoms with Gasteiger partial charge in [0.05, 0.1) is 13.2 Å². The molecule has 0 heterocycles. The predicted molar refractivity (Wildman–Crippen MR) is 105 cm³/mol. The van der Waals surface area contributed by atoms with E-state index in [1.165, 1.54) is 0 Å². The summed E-state index contributed by atoms with van der Waals surface area (Å²) in [5.41, 5.74) is 9.21. The van der Waals surface area contributed by atoms with E-state index in [1.807, 2.05) is 44.2 Å². The minimum atomic E-state index is -0.760. The molecule has 0 aromatic heterocycles. The molecule has 2 aromatic rings. The van der Waals surface area contributed by atoms with Crippen LogP contribution in [0.4, 0.5) is 4.79 Å². The fourth-order valence-corrected chi connectivity index (χ4v) is 3.76. The topological polar surface area (TPSA) is 70.8 Å². The summed E-state index contributed by atoms with van der Waals surface area (Å²) in [6.45, 7) is 8.16. The number of methoxy groups -OCH3 is 1. The first-order valence-electron chi connectivity index (χ1n) is 9.15. The van der Waals surface area contributed by atoms with Crippen molar-refractivity contribution in [2.45, 2.75) is 46.3 Å². The van der Waals surface area contributed by atoms with E-state index in [-0.39, 0.29) is 17.6 Å². The molecule has 1 aliphatic rings. The maximum absolute atomic E-state index is 11.4. The van der Waals surface area contributed by atoms with Gasteiger partial charge in [-0.15, -0.1) is 0 Å². The van der Waals surface area contributed by atoms with Crippen molar-refractivity contribution >= 4 is 6.09 Å². The normalized spacial score (nSPS) is 17.5. The Morgan fingerprint density at radius 1 is 1.19 bits per heavy atom. The zero-order valence-electron chi connectivity index (χ0n) is 16.5. The number of nitrogens with two attached hydrogens (primary N) is 1. The van der Waals surface area contributed by atoms with Crippen LogP contribution in [0.3, 0.4) is 0 Å². The number of ether oxygens (including phenoxy) is 3. The molecule has 0 aliphatic heterocycles. The molecule has 1 aliphatic carbocycles. The predicted octanol–water partition coefficient (Wildman–Crippen LogP) is 4.87. The van der Waals surface area contributed by atoms with Gasteiger partial charge in [-0.05, 0) is 61.2 Å². The second-order valence-corrected chi connectivity index (χ2v) is 7.92. The maximum atomic E-state index is 11.4. The lowest BCUT2D eigenvalue weighted by Gasteiger charge is -2.26. The fourth-order valence-electron chi connectivity index (χ4n) is 3.76. The summed E-state index contributed by atoms with van der Waals surface area (Å²) in [5.74, 6) is 1.58. The molecule has 144 valence electrons. The third-order valence-corrected chi connectivity index (χ3v) is 4.87. The van der Waals surface area contributed by atoms with Crippen LogP contribution in [0.5, 0.6) is 11.5 Å². The van der Waals surface area contributed by atoms with Gasteiger partial charge in [-0.2, -0.15) is 0 Å². The van der Waals surface area contributed by atoms with Gasteiger partial charge in [0.1, 0.15) is 17.6 Å². The van der Waals surface area contributed by atoms with Crippen molar-refractivity contribution in [2.24, 2.45) is 11.1 Å². The van der Waals surface area contributed by atoms with E-state index in [1.54, 1.807) is 7.11 Å². The van der Waals surface area contributed by atoms with Gasteiger partial charge in [-0.1, -0.05) is 26.0 Å². The van der Waals surface area contributed by atoms with Crippen molar-refractivity contribution in [3.63, 3.8) is 0 Å². The number of fused-ring (bicyclic) bond motifs is 1. The smallest absolute Gasteiger partial charge is 0.405 e. The molecule has 3 rings (SSSR count). The lowest BCUT2D eigenvalue weighted by molar-refractivity contribution is 0.0391. The average molecular weight is 369 g/mol. The Hall–Kier alpha value is -2.69. The second kappa shape index (κ2) is 7.14. The van der Waals surface area contributed by atoms with E-state index in [2.05, 4.69) is 19.9 Å². The van der Waals surface area contributed by atoms with Gasteiger partial charge in [0.25, 0.3) is 0 Å². The number of benzene rings is 2. The number of carbonyl (C=O) groups excluding carboxylic acids is 1. The first kappa shape index (κ1) is 19.1. The van der Waals surface area contributed by atoms with Crippen LogP contribution in [0.15, 0.2) is 36.4 Å². The largest absolute Gasteiger partial charge is 0.496 e. The summed E-state index contributed by atoms with van der Waals surface area (Å²) in [5, 5.41) is 0. The molecule has 1 atom stereocenters. The summed E-state index contributed by atoms with van der Waals surface area (Å²) in [6, 6.07) is 12.1. The number of primary amides is 1. The molecule has 2 N–H and O–H groups in total. The Kier molecular flexibility index (Phi) is 5.05. The molecule has 0 radical (unpaired) electrons. The molecule has 5 heteroatoms. The van der Waals surface area contributed by atoms with Gasteiger partial charge >= 0.3 is 6.09 Å². The molecule has 0 spiro atoms. The van der Waals surface area contributed by atoms with Gasteiger partial charge in [0.15, 0.2) is 0 Å². The van der Waals surface area contributed by atoms with Crippen LogP contribution in [-0.2, 0) is 11.2 Å². The number of hydrogen-bond acceptors (Lipinski definition) is 4. The summed E-state index contributed by atoms with van der Waals surface area (Å²) in [7, 11) is 1.64. The molecular weight excluding hydrogens is 342 g/mol. The summed E-state index contributed by atoms with van der Waals surface area (Å²) >= 11 is 0. The van der Waals surface area contributed by atoms with Crippen LogP contribution >= 0.6 is 0 Å². The highest BCUT2D eigenvalue weighted by Crippen LogP contribution is 2.50. The van der Waals surface area contributed by atoms with Gasteiger partial charge in [-0.3, -0.25) is 0 Å². The monoisotopic (exact) mass is 369 g/mol. The lowest BCUT2D eigenvalue weighted by Crippen LogP contribution is -2.25. The Labute approximate surface area is 160 Å². The number of rotatable bonds is 5. The first-order chi connectivity index (χ1) is 12.7. The summed E-state index contributed by atoms with van der Waals surface area (Å²) in [4.78, 5) is 11.4. The molecule has 0 bridgehead atoms. The molecule has 2 aromatic carbocycles. The summed E-state index contributed by atoms with van der Waals surface area (Å²) < 4.78 is 16.8. The molecule has 0 saturated heterocycles. The summed E-state index contributed by atoms with van der Waals surface area (Å²) in [6.07, 6.45) is -0.208. The van der Waals surface area contributed by atoms with Crippen molar-refractivity contribution < 1.29 is 19.0 Å².